The largest absolute Gasteiger partial charge is 0.484 e. The molecule has 20 heavy (non-hydrogen) atoms. The van der Waals surface area contributed by atoms with Gasteiger partial charge in [0.1, 0.15) is 11.3 Å². The van der Waals surface area contributed by atoms with E-state index in [0.29, 0.717) is 11.3 Å². The van der Waals surface area contributed by atoms with Crippen molar-refractivity contribution in [2.75, 3.05) is 13.7 Å². The first-order valence-corrected chi connectivity index (χ1v) is 6.54. The Hall–Kier alpha value is -2.30. The van der Waals surface area contributed by atoms with E-state index in [1.165, 1.54) is 6.07 Å². The van der Waals surface area contributed by atoms with Gasteiger partial charge in [-0.25, -0.2) is 4.79 Å². The molecule has 5 nitrogen and oxygen atoms in total. The lowest BCUT2D eigenvalue weighted by Gasteiger charge is -2.08. The molecule has 0 aliphatic rings. The molecule has 1 heterocycles. The maximum atomic E-state index is 11.5. The van der Waals surface area contributed by atoms with Crippen molar-refractivity contribution in [3.63, 3.8) is 0 Å². The Morgan fingerprint density at radius 1 is 1.35 bits per heavy atom. The minimum Gasteiger partial charge on any atom is -0.484 e. The van der Waals surface area contributed by atoms with Crippen molar-refractivity contribution in [2.45, 2.75) is 19.8 Å². The van der Waals surface area contributed by atoms with Crippen molar-refractivity contribution < 1.29 is 13.9 Å². The molecule has 1 aromatic carbocycles. The lowest BCUT2D eigenvalue weighted by atomic mass is 10.1. The first-order chi connectivity index (χ1) is 9.63. The van der Waals surface area contributed by atoms with Gasteiger partial charge in [0.05, 0.1) is 0 Å². The molecule has 0 radical (unpaired) electrons. The average Bonchev–Trinajstić information content (AvgIpc) is 2.44. The van der Waals surface area contributed by atoms with E-state index < -0.39 is 0 Å². The number of carbonyl (C=O) groups excluding carboxylic acids is 1. The Kier molecular flexibility index (Phi) is 4.40. The van der Waals surface area contributed by atoms with Crippen LogP contribution in [-0.4, -0.2) is 19.6 Å². The predicted molar refractivity (Wildman–Crippen MR) is 76.0 cm³/mol. The predicted octanol–water partition coefficient (Wildman–Crippen LogP) is 1.87. The average molecular weight is 275 g/mol. The standard InChI is InChI=1S/C15H17NO4/c1-3-4-10-7-15(18)20-13-8-11(5-6-12(10)13)19-9-14(17)16-2/h5-8H,3-4,9H2,1-2H3,(H,16,17). The molecular weight excluding hydrogens is 258 g/mol. The quantitative estimate of drug-likeness (QED) is 0.846. The van der Waals surface area contributed by atoms with Gasteiger partial charge < -0.3 is 14.5 Å². The monoisotopic (exact) mass is 275 g/mol. The number of hydrogen-bond acceptors (Lipinski definition) is 4. The first kappa shape index (κ1) is 14.1. The van der Waals surface area contributed by atoms with E-state index in [0.717, 1.165) is 23.8 Å². The molecule has 0 unspecified atom stereocenters. The molecule has 0 aliphatic heterocycles. The molecule has 1 N–H and O–H groups in total. The summed E-state index contributed by atoms with van der Waals surface area (Å²) >= 11 is 0. The van der Waals surface area contributed by atoms with Crippen molar-refractivity contribution in [3.05, 3.63) is 40.2 Å². The molecule has 0 spiro atoms. The van der Waals surface area contributed by atoms with Crippen LogP contribution in [0.15, 0.2) is 33.5 Å². The van der Waals surface area contributed by atoms with Crippen molar-refractivity contribution in [1.29, 1.82) is 0 Å². The van der Waals surface area contributed by atoms with Crippen molar-refractivity contribution in [1.82, 2.24) is 5.32 Å². The summed E-state index contributed by atoms with van der Waals surface area (Å²) in [7, 11) is 1.54. The van der Waals surface area contributed by atoms with Gasteiger partial charge >= 0.3 is 5.63 Å². The van der Waals surface area contributed by atoms with Gasteiger partial charge in [-0.2, -0.15) is 0 Å². The molecule has 1 aromatic heterocycles. The molecule has 0 saturated heterocycles. The minimum absolute atomic E-state index is 0.0686. The highest BCUT2D eigenvalue weighted by Gasteiger charge is 2.07. The van der Waals surface area contributed by atoms with E-state index >= 15 is 0 Å². The smallest absolute Gasteiger partial charge is 0.336 e. The number of aryl methyl sites for hydroxylation is 1. The Bertz CT molecular complexity index is 675. The van der Waals surface area contributed by atoms with E-state index in [1.807, 2.05) is 6.07 Å². The summed E-state index contributed by atoms with van der Waals surface area (Å²) in [5.41, 5.74) is 1.08. The summed E-state index contributed by atoms with van der Waals surface area (Å²) in [5, 5.41) is 3.37. The van der Waals surface area contributed by atoms with Gasteiger partial charge in [-0.05, 0) is 24.1 Å². The number of nitrogens with one attached hydrogen (secondary N) is 1. The van der Waals surface area contributed by atoms with Gasteiger partial charge in [0.15, 0.2) is 6.61 Å². The molecule has 2 aromatic rings. The Labute approximate surface area is 116 Å². The van der Waals surface area contributed by atoms with Crippen molar-refractivity contribution >= 4 is 16.9 Å². The van der Waals surface area contributed by atoms with Crippen LogP contribution in [0, 0.1) is 0 Å². The fourth-order valence-electron chi connectivity index (χ4n) is 2.00. The molecule has 0 saturated carbocycles. The Balaban J connectivity index is 2.34. The maximum Gasteiger partial charge on any atom is 0.336 e. The van der Waals surface area contributed by atoms with Gasteiger partial charge in [0, 0.05) is 24.6 Å². The maximum absolute atomic E-state index is 11.5. The van der Waals surface area contributed by atoms with Gasteiger partial charge in [-0.3, -0.25) is 4.79 Å². The molecule has 0 aliphatic carbocycles. The molecule has 106 valence electrons. The van der Waals surface area contributed by atoms with Crippen LogP contribution in [0.4, 0.5) is 0 Å². The Morgan fingerprint density at radius 2 is 2.15 bits per heavy atom. The number of likely N-dealkylation sites (N-methyl/N-ethyl adjacent to an activating group) is 1. The summed E-state index contributed by atoms with van der Waals surface area (Å²) in [4.78, 5) is 22.7. The number of carbonyl (C=O) groups is 1. The number of ether oxygens (including phenoxy) is 1. The third kappa shape index (κ3) is 3.17. The van der Waals surface area contributed by atoms with Crippen LogP contribution >= 0.6 is 0 Å². The van der Waals surface area contributed by atoms with E-state index in [1.54, 1.807) is 19.2 Å². The van der Waals surface area contributed by atoms with Crippen LogP contribution in [-0.2, 0) is 11.2 Å². The van der Waals surface area contributed by atoms with E-state index in [2.05, 4.69) is 12.2 Å². The van der Waals surface area contributed by atoms with E-state index in [9.17, 15) is 9.59 Å². The summed E-state index contributed by atoms with van der Waals surface area (Å²) in [6.45, 7) is 1.99. The highest BCUT2D eigenvalue weighted by Crippen LogP contribution is 2.23. The molecule has 0 bridgehead atoms. The van der Waals surface area contributed by atoms with Crippen LogP contribution in [0.5, 0.6) is 5.75 Å². The molecule has 2 rings (SSSR count). The van der Waals surface area contributed by atoms with Crippen molar-refractivity contribution in [2.24, 2.45) is 0 Å². The third-order valence-corrected chi connectivity index (χ3v) is 2.97. The molecule has 0 fully saturated rings. The Morgan fingerprint density at radius 3 is 2.85 bits per heavy atom. The molecule has 5 heteroatoms. The van der Waals surface area contributed by atoms with Crippen LogP contribution in [0.2, 0.25) is 0 Å². The van der Waals surface area contributed by atoms with Gasteiger partial charge in [-0.15, -0.1) is 0 Å². The second-order valence-corrected chi connectivity index (χ2v) is 4.46. The van der Waals surface area contributed by atoms with Crippen LogP contribution in [0.3, 0.4) is 0 Å². The molecule has 0 atom stereocenters. The lowest BCUT2D eigenvalue weighted by molar-refractivity contribution is -0.122. The zero-order valence-corrected chi connectivity index (χ0v) is 11.6. The third-order valence-electron chi connectivity index (χ3n) is 2.97. The van der Waals surface area contributed by atoms with Gasteiger partial charge in [-0.1, -0.05) is 13.3 Å². The minimum atomic E-state index is -0.371. The lowest BCUT2D eigenvalue weighted by Crippen LogP contribution is -2.24. The number of hydrogen-bond donors (Lipinski definition) is 1. The zero-order valence-electron chi connectivity index (χ0n) is 11.6. The van der Waals surface area contributed by atoms with Crippen molar-refractivity contribution in [3.8, 4) is 5.75 Å². The van der Waals surface area contributed by atoms with E-state index in [4.69, 9.17) is 9.15 Å². The second-order valence-electron chi connectivity index (χ2n) is 4.46. The van der Waals surface area contributed by atoms with Gasteiger partial charge in [0.2, 0.25) is 0 Å². The number of amides is 1. The topological polar surface area (TPSA) is 68.5 Å². The number of rotatable bonds is 5. The number of benzene rings is 1. The fraction of sp³-hybridized carbons (Fsp3) is 0.333. The fourth-order valence-corrected chi connectivity index (χ4v) is 2.00. The summed E-state index contributed by atoms with van der Waals surface area (Å²) in [5.74, 6) is 0.282. The number of fused-ring (bicyclic) bond motifs is 1. The first-order valence-electron chi connectivity index (χ1n) is 6.54. The highest BCUT2D eigenvalue weighted by atomic mass is 16.5. The van der Waals surface area contributed by atoms with Crippen LogP contribution < -0.4 is 15.7 Å². The second kappa shape index (κ2) is 6.23. The SMILES string of the molecule is CCCc1cc(=O)oc2cc(OCC(=O)NC)ccc12. The summed E-state index contributed by atoms with van der Waals surface area (Å²) < 4.78 is 10.5. The molecular formula is C15H17NO4. The normalized spacial score (nSPS) is 10.5. The summed E-state index contributed by atoms with van der Waals surface area (Å²) in [6.07, 6.45) is 1.77. The van der Waals surface area contributed by atoms with Gasteiger partial charge in [0.25, 0.3) is 5.91 Å². The highest BCUT2D eigenvalue weighted by molar-refractivity contribution is 5.82. The summed E-state index contributed by atoms with van der Waals surface area (Å²) in [6, 6.07) is 6.78. The van der Waals surface area contributed by atoms with Crippen LogP contribution in [0.25, 0.3) is 11.0 Å². The van der Waals surface area contributed by atoms with Crippen LogP contribution in [0.1, 0.15) is 18.9 Å². The molecule has 1 amide bonds. The van der Waals surface area contributed by atoms with E-state index in [-0.39, 0.29) is 18.1 Å². The zero-order chi connectivity index (χ0) is 14.5.